The molecule has 0 bridgehead atoms. The largest absolute Gasteiger partial charge is 0.327 e. The zero-order valence-electron chi connectivity index (χ0n) is 14.3. The quantitative estimate of drug-likeness (QED) is 0.650. The van der Waals surface area contributed by atoms with Gasteiger partial charge in [0.05, 0.1) is 5.69 Å². The van der Waals surface area contributed by atoms with Crippen LogP contribution in [0.2, 0.25) is 0 Å². The fourth-order valence-electron chi connectivity index (χ4n) is 2.70. The summed E-state index contributed by atoms with van der Waals surface area (Å²) >= 11 is 5.32. The Morgan fingerprint density at radius 2 is 1.84 bits per heavy atom. The van der Waals surface area contributed by atoms with Crippen LogP contribution in [0.15, 0.2) is 48.2 Å². The third kappa shape index (κ3) is 3.46. The van der Waals surface area contributed by atoms with E-state index in [1.807, 2.05) is 24.3 Å². The lowest BCUT2D eigenvalue weighted by Crippen LogP contribution is -2.30. The third-order valence-electron chi connectivity index (χ3n) is 4.19. The second-order valence-corrected chi connectivity index (χ2v) is 6.77. The minimum absolute atomic E-state index is 0.218. The Morgan fingerprint density at radius 3 is 2.44 bits per heavy atom. The highest BCUT2D eigenvalue weighted by atomic mass is 32.1. The zero-order chi connectivity index (χ0) is 18.1. The Hall–Kier alpha value is -2.53. The Morgan fingerprint density at radius 1 is 1.16 bits per heavy atom. The molecule has 1 aliphatic heterocycles. The average Bonchev–Trinajstić information content (AvgIpc) is 2.85. The molecule has 3 nitrogen and oxygen atoms in total. The fraction of sp³-hybridized carbons (Fsp3) is 0.200. The molecule has 0 aromatic heterocycles. The summed E-state index contributed by atoms with van der Waals surface area (Å²) in [6, 6.07) is 12.5. The van der Waals surface area contributed by atoms with Gasteiger partial charge in [0.1, 0.15) is 11.5 Å². The molecule has 1 amide bonds. The van der Waals surface area contributed by atoms with E-state index in [0.29, 0.717) is 22.3 Å². The van der Waals surface area contributed by atoms with E-state index in [1.54, 1.807) is 25.1 Å². The number of nitrogens with zero attached hydrogens (tertiary/aromatic N) is 1. The number of thiocarbonyl (C=S) groups is 1. The highest BCUT2D eigenvalue weighted by Crippen LogP contribution is 2.25. The molecular formula is C20H19FN2OS. The summed E-state index contributed by atoms with van der Waals surface area (Å²) in [4.78, 5) is 14.2. The Kier molecular flexibility index (Phi) is 4.68. The van der Waals surface area contributed by atoms with E-state index in [1.165, 1.54) is 16.5 Å². The molecule has 0 aliphatic carbocycles. The molecule has 2 aromatic carbocycles. The van der Waals surface area contributed by atoms with Gasteiger partial charge in [-0.05, 0) is 72.1 Å². The molecule has 5 heteroatoms. The van der Waals surface area contributed by atoms with Gasteiger partial charge in [-0.15, -0.1) is 0 Å². The first-order valence-electron chi connectivity index (χ1n) is 8.10. The summed E-state index contributed by atoms with van der Waals surface area (Å²) in [6.07, 6.45) is 1.68. The van der Waals surface area contributed by atoms with Gasteiger partial charge < -0.3 is 5.32 Å². The van der Waals surface area contributed by atoms with Gasteiger partial charge in [0.2, 0.25) is 0 Å². The third-order valence-corrected chi connectivity index (χ3v) is 4.47. The van der Waals surface area contributed by atoms with Gasteiger partial charge in [0.15, 0.2) is 5.11 Å². The molecule has 0 saturated carbocycles. The van der Waals surface area contributed by atoms with Crippen LogP contribution in [0.1, 0.15) is 36.5 Å². The molecule has 2 aromatic rings. The van der Waals surface area contributed by atoms with E-state index < -0.39 is 0 Å². The number of carbonyl (C=O) groups is 1. The first-order valence-corrected chi connectivity index (χ1v) is 8.51. The van der Waals surface area contributed by atoms with Gasteiger partial charge in [0.25, 0.3) is 5.91 Å². The second kappa shape index (κ2) is 6.76. The Balaban J connectivity index is 1.89. The van der Waals surface area contributed by atoms with Crippen LogP contribution >= 0.6 is 12.2 Å². The van der Waals surface area contributed by atoms with E-state index >= 15 is 0 Å². The molecule has 25 heavy (non-hydrogen) atoms. The number of hydrogen-bond acceptors (Lipinski definition) is 2. The molecule has 1 aliphatic rings. The van der Waals surface area contributed by atoms with Gasteiger partial charge in [0, 0.05) is 0 Å². The lowest BCUT2D eigenvalue weighted by Gasteiger charge is -2.15. The predicted molar refractivity (Wildman–Crippen MR) is 103 cm³/mol. The summed E-state index contributed by atoms with van der Waals surface area (Å²) in [5.74, 6) is -0.0647. The van der Waals surface area contributed by atoms with Crippen molar-refractivity contribution in [2.45, 2.75) is 26.7 Å². The summed E-state index contributed by atoms with van der Waals surface area (Å²) in [5.41, 5.74) is 3.58. The summed E-state index contributed by atoms with van der Waals surface area (Å²) in [7, 11) is 0. The molecule has 1 fully saturated rings. The number of anilines is 1. The van der Waals surface area contributed by atoms with Crippen molar-refractivity contribution in [3.05, 3.63) is 70.7 Å². The van der Waals surface area contributed by atoms with Crippen LogP contribution in [0.3, 0.4) is 0 Å². The van der Waals surface area contributed by atoms with Gasteiger partial charge in [-0.25, -0.2) is 4.39 Å². The first-order chi connectivity index (χ1) is 11.9. The van der Waals surface area contributed by atoms with Gasteiger partial charge in [-0.3, -0.25) is 9.69 Å². The number of aryl methyl sites for hydroxylation is 1. The van der Waals surface area contributed by atoms with Gasteiger partial charge in [-0.1, -0.05) is 32.0 Å². The van der Waals surface area contributed by atoms with Crippen molar-refractivity contribution < 1.29 is 9.18 Å². The molecule has 1 N–H and O–H groups in total. The minimum Gasteiger partial charge on any atom is -0.327 e. The Bertz CT molecular complexity index is 872. The van der Waals surface area contributed by atoms with E-state index in [0.717, 1.165) is 11.3 Å². The number of benzene rings is 2. The molecule has 1 heterocycles. The molecule has 0 radical (unpaired) electrons. The van der Waals surface area contributed by atoms with Crippen LogP contribution in [0, 0.1) is 12.7 Å². The summed E-state index contributed by atoms with van der Waals surface area (Å²) in [5, 5.41) is 3.29. The van der Waals surface area contributed by atoms with Crippen molar-refractivity contribution in [3.63, 3.8) is 0 Å². The SMILES string of the molecule is Cc1cc(/C=C2\NC(=S)N(c3ccc(C(C)C)cc3)C2=O)ccc1F. The summed E-state index contributed by atoms with van der Waals surface area (Å²) in [6.45, 7) is 5.93. The maximum atomic E-state index is 13.4. The van der Waals surface area contributed by atoms with E-state index in [2.05, 4.69) is 19.2 Å². The summed E-state index contributed by atoms with van der Waals surface area (Å²) < 4.78 is 13.4. The minimum atomic E-state index is -0.268. The van der Waals surface area contributed by atoms with Crippen molar-refractivity contribution in [1.82, 2.24) is 5.32 Å². The number of hydrogen-bond donors (Lipinski definition) is 1. The number of halogens is 1. The topological polar surface area (TPSA) is 32.3 Å². The van der Waals surface area contributed by atoms with Crippen molar-refractivity contribution in [2.24, 2.45) is 0 Å². The van der Waals surface area contributed by atoms with Crippen LogP contribution in [0.25, 0.3) is 6.08 Å². The maximum Gasteiger partial charge on any atom is 0.281 e. The molecule has 0 unspecified atom stereocenters. The van der Waals surface area contributed by atoms with E-state index in [9.17, 15) is 9.18 Å². The van der Waals surface area contributed by atoms with Gasteiger partial charge in [-0.2, -0.15) is 0 Å². The van der Waals surface area contributed by atoms with Crippen LogP contribution in [-0.4, -0.2) is 11.0 Å². The van der Waals surface area contributed by atoms with Crippen molar-refractivity contribution in [2.75, 3.05) is 4.90 Å². The average molecular weight is 354 g/mol. The van der Waals surface area contributed by atoms with E-state index in [-0.39, 0.29) is 11.7 Å². The lowest BCUT2D eigenvalue weighted by atomic mass is 10.0. The Labute approximate surface area is 152 Å². The number of rotatable bonds is 3. The smallest absolute Gasteiger partial charge is 0.281 e. The van der Waals surface area contributed by atoms with Crippen molar-refractivity contribution >= 4 is 35.0 Å². The molecule has 3 rings (SSSR count). The van der Waals surface area contributed by atoms with Gasteiger partial charge >= 0.3 is 0 Å². The highest BCUT2D eigenvalue weighted by Gasteiger charge is 2.31. The van der Waals surface area contributed by atoms with Crippen LogP contribution in [0.5, 0.6) is 0 Å². The number of carbonyl (C=O) groups excluding carboxylic acids is 1. The van der Waals surface area contributed by atoms with Crippen molar-refractivity contribution in [3.8, 4) is 0 Å². The number of amides is 1. The normalized spacial score (nSPS) is 16.0. The number of nitrogens with one attached hydrogen (secondary N) is 1. The molecule has 0 atom stereocenters. The standard InChI is InChI=1S/C20H19FN2OS/c1-12(2)15-5-7-16(8-6-15)23-19(24)18(22-20(23)25)11-14-4-9-17(21)13(3)10-14/h4-12H,1-3H3,(H,22,25)/b18-11-. The lowest BCUT2D eigenvalue weighted by molar-refractivity contribution is -0.113. The van der Waals surface area contributed by atoms with Crippen LogP contribution < -0.4 is 10.2 Å². The molecule has 0 spiro atoms. The molecule has 128 valence electrons. The molecule has 1 saturated heterocycles. The highest BCUT2D eigenvalue weighted by molar-refractivity contribution is 7.80. The first kappa shape index (κ1) is 17.3. The monoisotopic (exact) mass is 354 g/mol. The fourth-order valence-corrected chi connectivity index (χ4v) is 3.00. The molecular weight excluding hydrogens is 335 g/mol. The van der Waals surface area contributed by atoms with E-state index in [4.69, 9.17) is 12.2 Å². The zero-order valence-corrected chi connectivity index (χ0v) is 15.2. The second-order valence-electron chi connectivity index (χ2n) is 6.38. The maximum absolute atomic E-state index is 13.4. The van der Waals surface area contributed by atoms with Crippen molar-refractivity contribution in [1.29, 1.82) is 0 Å². The van der Waals surface area contributed by atoms with Crippen LogP contribution in [-0.2, 0) is 4.79 Å². The predicted octanol–water partition coefficient (Wildman–Crippen LogP) is 4.52. The van der Waals surface area contributed by atoms with Crippen LogP contribution in [0.4, 0.5) is 10.1 Å².